The summed E-state index contributed by atoms with van der Waals surface area (Å²) in [4.78, 5) is 12.7. The summed E-state index contributed by atoms with van der Waals surface area (Å²) in [6, 6.07) is 28.4. The van der Waals surface area contributed by atoms with Crippen molar-refractivity contribution < 1.29 is 18.8 Å². The zero-order chi connectivity index (χ0) is 26.0. The van der Waals surface area contributed by atoms with Crippen LogP contribution in [0.4, 0.5) is 4.79 Å². The molecule has 0 fully saturated rings. The zero-order valence-electron chi connectivity index (χ0n) is 20.2. The lowest BCUT2D eigenvalue weighted by Crippen LogP contribution is -2.45. The second kappa shape index (κ2) is 9.72. The Morgan fingerprint density at radius 3 is 1.97 bits per heavy atom. The third kappa shape index (κ3) is 4.45. The third-order valence-corrected chi connectivity index (χ3v) is 8.02. The van der Waals surface area contributed by atoms with Gasteiger partial charge in [-0.25, -0.2) is 18.8 Å². The molecular weight excluding hydrogens is 490 g/mol. The Balaban J connectivity index is 1.71. The van der Waals surface area contributed by atoms with Crippen LogP contribution in [0, 0.1) is 0 Å². The number of amides is 1. The Kier molecular flexibility index (Phi) is 6.45. The molecule has 3 N–H and O–H groups in total. The van der Waals surface area contributed by atoms with Crippen molar-refractivity contribution in [2.75, 3.05) is 13.7 Å². The highest BCUT2D eigenvalue weighted by Gasteiger charge is 2.39. The van der Waals surface area contributed by atoms with Crippen molar-refractivity contribution in [2.24, 2.45) is 9.50 Å². The van der Waals surface area contributed by atoms with Gasteiger partial charge in [-0.1, -0.05) is 91.0 Å². The third-order valence-electron chi connectivity index (χ3n) is 6.57. The number of fused-ring (bicyclic) bond motifs is 1. The Bertz CT molecular complexity index is 1420. The SMILES string of the molecule is CN(C(=O)O)[C@@H]1COc2c(S(N)(=O)=NC(c3ccccc3)(c3ccccc3)c3ccccc3)cnn2C1. The standard InChI is InChI=1S/C27H27N5O4S/c1-31(26(33)34)23-18-32-25(36-19-23)24(17-29-32)37(28,35)30-27(20-11-5-2-6-12-20,21-13-7-3-8-14-21)22-15-9-4-10-16-22/h2-17,23H,18-19H2,1H3,(H,33,34)(H2,28,30,35)/t23-,37?/m0/s1. The average molecular weight is 518 g/mol. The van der Waals surface area contributed by atoms with Crippen LogP contribution < -0.4 is 9.88 Å². The number of aromatic nitrogens is 2. The maximum absolute atomic E-state index is 14.4. The first kappa shape index (κ1) is 24.5. The van der Waals surface area contributed by atoms with Crippen molar-refractivity contribution in [3.8, 4) is 5.88 Å². The monoisotopic (exact) mass is 517 g/mol. The van der Waals surface area contributed by atoms with Crippen LogP contribution in [0.2, 0.25) is 0 Å². The van der Waals surface area contributed by atoms with E-state index in [1.54, 1.807) is 0 Å². The van der Waals surface area contributed by atoms with Crippen LogP contribution in [0.25, 0.3) is 0 Å². The van der Waals surface area contributed by atoms with Crippen LogP contribution in [-0.4, -0.2) is 49.8 Å². The first-order valence-electron chi connectivity index (χ1n) is 11.7. The predicted octanol–water partition coefficient (Wildman–Crippen LogP) is 3.95. The minimum Gasteiger partial charge on any atom is -0.475 e. The summed E-state index contributed by atoms with van der Waals surface area (Å²) < 4.78 is 26.7. The molecule has 0 saturated carbocycles. The first-order chi connectivity index (χ1) is 17.8. The van der Waals surface area contributed by atoms with Crippen molar-refractivity contribution in [3.05, 3.63) is 114 Å². The molecule has 1 unspecified atom stereocenters. The number of nitrogens with two attached hydrogens (primary N) is 1. The van der Waals surface area contributed by atoms with Gasteiger partial charge in [0.25, 0.3) is 0 Å². The summed E-state index contributed by atoms with van der Waals surface area (Å²) in [6.07, 6.45) is 0.330. The van der Waals surface area contributed by atoms with Crippen LogP contribution in [0.5, 0.6) is 5.88 Å². The van der Waals surface area contributed by atoms with Gasteiger partial charge >= 0.3 is 6.09 Å². The molecule has 1 amide bonds. The second-order valence-electron chi connectivity index (χ2n) is 8.82. The molecule has 9 nitrogen and oxygen atoms in total. The van der Waals surface area contributed by atoms with Crippen LogP contribution in [0.15, 0.2) is 106 Å². The Morgan fingerprint density at radius 2 is 1.51 bits per heavy atom. The highest BCUT2D eigenvalue weighted by atomic mass is 32.2. The molecule has 1 aliphatic heterocycles. The zero-order valence-corrected chi connectivity index (χ0v) is 21.0. The van der Waals surface area contributed by atoms with Crippen LogP contribution >= 0.6 is 0 Å². The van der Waals surface area contributed by atoms with E-state index in [4.69, 9.17) is 14.2 Å². The topological polar surface area (TPSA) is 123 Å². The fourth-order valence-corrected chi connectivity index (χ4v) is 6.03. The summed E-state index contributed by atoms with van der Waals surface area (Å²) in [6.45, 7) is 0.326. The van der Waals surface area contributed by atoms with Crippen molar-refractivity contribution in [3.63, 3.8) is 0 Å². The summed E-state index contributed by atoms with van der Waals surface area (Å²) in [5.74, 6) is 0.231. The Morgan fingerprint density at radius 1 is 1.03 bits per heavy atom. The molecule has 0 radical (unpaired) electrons. The van der Waals surface area contributed by atoms with E-state index in [1.165, 1.54) is 22.8 Å². The quantitative estimate of drug-likeness (QED) is 0.375. The van der Waals surface area contributed by atoms with E-state index < -0.39 is 27.6 Å². The molecule has 0 bridgehead atoms. The number of hydrogen-bond donors (Lipinski definition) is 2. The summed E-state index contributed by atoms with van der Waals surface area (Å²) in [7, 11) is -2.10. The number of likely N-dealkylation sites (N-methyl/N-ethyl adjacent to an activating group) is 1. The fraction of sp³-hybridized carbons (Fsp3) is 0.185. The molecule has 1 aromatic heterocycles. The lowest BCUT2D eigenvalue weighted by atomic mass is 9.78. The lowest BCUT2D eigenvalue weighted by Gasteiger charge is -2.33. The van der Waals surface area contributed by atoms with Gasteiger partial charge in [0.05, 0.1) is 18.8 Å². The molecule has 10 heteroatoms. The number of carbonyl (C=O) groups is 1. The Labute approximate surface area is 215 Å². The smallest absolute Gasteiger partial charge is 0.407 e. The van der Waals surface area contributed by atoms with Crippen molar-refractivity contribution in [2.45, 2.75) is 23.0 Å². The van der Waals surface area contributed by atoms with E-state index in [0.717, 1.165) is 16.7 Å². The molecule has 190 valence electrons. The van der Waals surface area contributed by atoms with E-state index in [2.05, 4.69) is 5.10 Å². The maximum atomic E-state index is 14.4. The molecule has 1 aliphatic rings. The van der Waals surface area contributed by atoms with E-state index in [9.17, 15) is 14.1 Å². The van der Waals surface area contributed by atoms with Crippen LogP contribution in [0.3, 0.4) is 0 Å². The average Bonchev–Trinajstić information content (AvgIpc) is 3.37. The van der Waals surface area contributed by atoms with Gasteiger partial charge in [-0.15, -0.1) is 0 Å². The van der Waals surface area contributed by atoms with Gasteiger partial charge in [-0.3, -0.25) is 0 Å². The summed E-state index contributed by atoms with van der Waals surface area (Å²) in [5.41, 5.74) is 1.22. The number of benzene rings is 3. The molecule has 0 spiro atoms. The van der Waals surface area contributed by atoms with E-state index in [-0.39, 0.29) is 23.9 Å². The first-order valence-corrected chi connectivity index (χ1v) is 13.3. The second-order valence-corrected chi connectivity index (χ2v) is 10.6. The van der Waals surface area contributed by atoms with Crippen molar-refractivity contribution in [1.29, 1.82) is 0 Å². The predicted molar refractivity (Wildman–Crippen MR) is 140 cm³/mol. The van der Waals surface area contributed by atoms with Gasteiger partial charge in [-0.2, -0.15) is 9.46 Å². The number of carboxylic acid groups (broad SMARTS) is 1. The van der Waals surface area contributed by atoms with Gasteiger partial charge in [-0.05, 0) is 16.7 Å². The fourth-order valence-electron chi connectivity index (χ4n) is 4.60. The minimum absolute atomic E-state index is 0.0816. The number of ether oxygens (including phenoxy) is 1. The van der Waals surface area contributed by atoms with Crippen molar-refractivity contribution >= 4 is 16.0 Å². The molecule has 37 heavy (non-hydrogen) atoms. The highest BCUT2D eigenvalue weighted by Crippen LogP contribution is 2.42. The van der Waals surface area contributed by atoms with E-state index in [0.29, 0.717) is 0 Å². The highest BCUT2D eigenvalue weighted by molar-refractivity contribution is 7.91. The van der Waals surface area contributed by atoms with Crippen molar-refractivity contribution in [1.82, 2.24) is 14.7 Å². The normalized spacial score (nSPS) is 16.6. The van der Waals surface area contributed by atoms with Gasteiger partial charge < -0.3 is 14.7 Å². The lowest BCUT2D eigenvalue weighted by molar-refractivity contribution is 0.0874. The van der Waals surface area contributed by atoms with Gasteiger partial charge in [0.15, 0.2) is 0 Å². The molecule has 2 heterocycles. The largest absolute Gasteiger partial charge is 0.475 e. The molecular formula is C27H27N5O4S. The van der Waals surface area contributed by atoms with Gasteiger partial charge in [0.1, 0.15) is 27.0 Å². The van der Waals surface area contributed by atoms with E-state index >= 15 is 0 Å². The Hall–Kier alpha value is -4.15. The van der Waals surface area contributed by atoms with Gasteiger partial charge in [0, 0.05) is 7.05 Å². The van der Waals surface area contributed by atoms with Crippen LogP contribution in [-0.2, 0) is 22.0 Å². The van der Waals surface area contributed by atoms with Gasteiger partial charge in [0.2, 0.25) is 5.88 Å². The molecule has 3 aromatic carbocycles. The van der Waals surface area contributed by atoms with Crippen LogP contribution in [0.1, 0.15) is 16.7 Å². The number of rotatable bonds is 6. The molecule has 4 aromatic rings. The molecule has 0 saturated heterocycles. The number of hydrogen-bond acceptors (Lipinski definition) is 5. The molecule has 2 atom stereocenters. The molecule has 5 rings (SSSR count). The number of nitrogens with zero attached hydrogens (tertiary/aromatic N) is 4. The minimum atomic E-state index is -3.58. The van der Waals surface area contributed by atoms with E-state index in [1.807, 2.05) is 91.0 Å². The summed E-state index contributed by atoms with van der Waals surface area (Å²) >= 11 is 0. The molecule has 0 aliphatic carbocycles. The maximum Gasteiger partial charge on any atom is 0.407 e. The summed E-state index contributed by atoms with van der Waals surface area (Å²) in [5, 5.41) is 20.2.